The number of nitrogens with zero attached hydrogens (tertiary/aromatic N) is 4. The second kappa shape index (κ2) is 8.88. The van der Waals surface area contributed by atoms with Crippen LogP contribution in [0.1, 0.15) is 59.9 Å². The van der Waals surface area contributed by atoms with Crippen molar-refractivity contribution in [2.45, 2.75) is 53.0 Å². The van der Waals surface area contributed by atoms with Crippen molar-refractivity contribution in [3.05, 3.63) is 73.1 Å². The zero-order chi connectivity index (χ0) is 23.1. The van der Waals surface area contributed by atoms with Gasteiger partial charge in [0, 0.05) is 28.8 Å². The van der Waals surface area contributed by atoms with E-state index in [1.807, 2.05) is 35.9 Å². The predicted molar refractivity (Wildman–Crippen MR) is 135 cm³/mol. The number of hydrogen-bond donors (Lipinski definition) is 1. The van der Waals surface area contributed by atoms with Crippen molar-refractivity contribution in [1.82, 2.24) is 24.7 Å². The molecule has 1 aliphatic carbocycles. The minimum absolute atomic E-state index is 0.0884. The van der Waals surface area contributed by atoms with Crippen LogP contribution in [-0.4, -0.2) is 24.7 Å². The fourth-order valence-electron chi connectivity index (χ4n) is 4.42. The number of rotatable bonds is 5. The maximum Gasteiger partial charge on any atom is 0.260 e. The molecular weight excluding hydrogens is 454 g/mol. The maximum absolute atomic E-state index is 13.2. The molecule has 1 N–H and O–H groups in total. The molecule has 0 saturated heterocycles. The molecule has 4 aromatic rings. The normalized spacial score (nSPS) is 14.3. The molecule has 0 atom stereocenters. The number of nitrogens with one attached hydrogen (secondary N) is 1. The molecule has 4 aromatic heterocycles. The quantitative estimate of drug-likeness (QED) is 0.400. The molecule has 0 aliphatic heterocycles. The van der Waals surface area contributed by atoms with Gasteiger partial charge < -0.3 is 4.98 Å². The first-order valence-corrected chi connectivity index (χ1v) is 12.5. The Morgan fingerprint density at radius 2 is 2.12 bits per heavy atom. The number of aryl methyl sites for hydroxylation is 3. The van der Waals surface area contributed by atoms with Crippen molar-refractivity contribution in [3.8, 4) is 0 Å². The molecule has 33 heavy (non-hydrogen) atoms. The number of pyridine rings is 1. The fourth-order valence-corrected chi connectivity index (χ4v) is 5.98. The summed E-state index contributed by atoms with van der Waals surface area (Å²) in [5.41, 5.74) is 4.16. The summed E-state index contributed by atoms with van der Waals surface area (Å²) in [4.78, 5) is 27.8. The van der Waals surface area contributed by atoms with Crippen LogP contribution in [0.3, 0.4) is 0 Å². The fraction of sp³-hybridized carbons (Fsp3) is 0.360. The van der Waals surface area contributed by atoms with Crippen LogP contribution in [0.5, 0.6) is 0 Å². The summed E-state index contributed by atoms with van der Waals surface area (Å²) in [7, 11) is 0. The van der Waals surface area contributed by atoms with E-state index in [2.05, 4.69) is 28.9 Å². The molecule has 0 saturated carbocycles. The number of aromatic nitrogens is 5. The average Bonchev–Trinajstić information content (AvgIpc) is 3.29. The highest BCUT2D eigenvalue weighted by Crippen LogP contribution is 2.35. The molecule has 5 rings (SSSR count). The molecule has 6 nitrogen and oxygen atoms in total. The summed E-state index contributed by atoms with van der Waals surface area (Å²) < 4.78 is 1.83. The van der Waals surface area contributed by atoms with Gasteiger partial charge in [0.25, 0.3) is 5.56 Å². The molecule has 0 bridgehead atoms. The van der Waals surface area contributed by atoms with Crippen LogP contribution < -0.4 is 5.56 Å². The number of H-pyrrole nitrogens is 1. The van der Waals surface area contributed by atoms with Crippen LogP contribution in [-0.2, 0) is 19.4 Å². The number of thiophene rings is 1. The molecule has 4 heterocycles. The molecule has 170 valence electrons. The van der Waals surface area contributed by atoms with Crippen molar-refractivity contribution in [2.75, 3.05) is 0 Å². The lowest BCUT2D eigenvalue weighted by molar-refractivity contribution is 0.482. The second-order valence-electron chi connectivity index (χ2n) is 8.94. The minimum atomic E-state index is -0.0884. The van der Waals surface area contributed by atoms with E-state index >= 15 is 0 Å². The van der Waals surface area contributed by atoms with Gasteiger partial charge in [0.2, 0.25) is 0 Å². The lowest BCUT2D eigenvalue weighted by atomic mass is 9.97. The molecular formula is C25H26ClN5OS. The Morgan fingerprint density at radius 1 is 1.30 bits per heavy atom. The Morgan fingerprint density at radius 3 is 2.88 bits per heavy atom. The topological polar surface area (TPSA) is 76.5 Å². The van der Waals surface area contributed by atoms with Gasteiger partial charge in [-0.3, -0.25) is 14.5 Å². The number of aromatic amines is 1. The van der Waals surface area contributed by atoms with E-state index in [1.165, 1.54) is 16.9 Å². The minimum Gasteiger partial charge on any atom is -0.306 e. The molecule has 0 amide bonds. The zero-order valence-electron chi connectivity index (χ0n) is 19.0. The van der Waals surface area contributed by atoms with Crippen molar-refractivity contribution in [3.63, 3.8) is 0 Å². The third-order valence-corrected chi connectivity index (χ3v) is 7.54. The largest absolute Gasteiger partial charge is 0.306 e. The standard InChI is InChI=1S/C25H26ClN5OS/c1-14(2)13-31-22(26)17(15(3)30-31)12-18(19-9-6-7-11-27-19)23-28-24(32)21-16-8-4-5-10-20(16)33-25(21)29-23/h6-7,9,11-12,14H,4-5,8,10,13H2,1-3H3,(H,28,29,32)/b18-12+. The summed E-state index contributed by atoms with van der Waals surface area (Å²) in [6.07, 6.45) is 7.95. The van der Waals surface area contributed by atoms with E-state index in [0.717, 1.165) is 52.9 Å². The summed E-state index contributed by atoms with van der Waals surface area (Å²) >= 11 is 8.38. The third-order valence-electron chi connectivity index (χ3n) is 5.96. The van der Waals surface area contributed by atoms with E-state index < -0.39 is 0 Å². The van der Waals surface area contributed by atoms with Gasteiger partial charge in [-0.1, -0.05) is 31.5 Å². The highest BCUT2D eigenvalue weighted by Gasteiger charge is 2.22. The highest BCUT2D eigenvalue weighted by molar-refractivity contribution is 7.18. The molecule has 0 fully saturated rings. The van der Waals surface area contributed by atoms with E-state index in [4.69, 9.17) is 16.6 Å². The van der Waals surface area contributed by atoms with Crippen LogP contribution in [0.25, 0.3) is 21.9 Å². The molecule has 8 heteroatoms. The highest BCUT2D eigenvalue weighted by atomic mass is 35.5. The van der Waals surface area contributed by atoms with Gasteiger partial charge in [-0.05, 0) is 62.3 Å². The predicted octanol–water partition coefficient (Wildman–Crippen LogP) is 5.66. The van der Waals surface area contributed by atoms with Crippen LogP contribution in [0.15, 0.2) is 29.2 Å². The summed E-state index contributed by atoms with van der Waals surface area (Å²) in [5, 5.41) is 5.95. The summed E-state index contributed by atoms with van der Waals surface area (Å²) in [6.45, 7) is 6.94. The molecule has 0 aromatic carbocycles. The Bertz CT molecular complexity index is 1410. The van der Waals surface area contributed by atoms with E-state index in [9.17, 15) is 4.79 Å². The van der Waals surface area contributed by atoms with Gasteiger partial charge in [-0.2, -0.15) is 5.10 Å². The number of fused-ring (bicyclic) bond motifs is 3. The number of hydrogen-bond acceptors (Lipinski definition) is 5. The lowest BCUT2D eigenvalue weighted by Crippen LogP contribution is -2.13. The van der Waals surface area contributed by atoms with Crippen molar-refractivity contribution in [1.29, 1.82) is 0 Å². The van der Waals surface area contributed by atoms with Crippen molar-refractivity contribution >= 4 is 44.8 Å². The summed E-state index contributed by atoms with van der Waals surface area (Å²) in [5.74, 6) is 0.913. The Labute approximate surface area is 201 Å². The first-order valence-electron chi connectivity index (χ1n) is 11.3. The molecule has 1 aliphatic rings. The van der Waals surface area contributed by atoms with Crippen LogP contribution in [0, 0.1) is 12.8 Å². The average molecular weight is 480 g/mol. The van der Waals surface area contributed by atoms with Gasteiger partial charge in [-0.25, -0.2) is 4.98 Å². The zero-order valence-corrected chi connectivity index (χ0v) is 20.6. The lowest BCUT2D eigenvalue weighted by Gasteiger charge is -2.10. The van der Waals surface area contributed by atoms with Crippen LogP contribution >= 0.6 is 22.9 Å². The van der Waals surface area contributed by atoms with Crippen LogP contribution in [0.4, 0.5) is 0 Å². The first-order chi connectivity index (χ1) is 15.9. The van der Waals surface area contributed by atoms with Gasteiger partial charge in [0.15, 0.2) is 0 Å². The molecule has 0 spiro atoms. The molecule has 0 radical (unpaired) electrons. The van der Waals surface area contributed by atoms with Crippen molar-refractivity contribution < 1.29 is 0 Å². The van der Waals surface area contributed by atoms with Gasteiger partial charge in [0.1, 0.15) is 15.8 Å². The number of halogens is 1. The van der Waals surface area contributed by atoms with E-state index in [1.54, 1.807) is 17.5 Å². The maximum atomic E-state index is 13.2. The third kappa shape index (κ3) is 4.15. The van der Waals surface area contributed by atoms with Gasteiger partial charge >= 0.3 is 0 Å². The van der Waals surface area contributed by atoms with Crippen molar-refractivity contribution in [2.24, 2.45) is 5.92 Å². The first kappa shape index (κ1) is 22.0. The van der Waals surface area contributed by atoms with E-state index in [0.29, 0.717) is 22.6 Å². The van der Waals surface area contributed by atoms with Gasteiger partial charge in [0.05, 0.1) is 16.8 Å². The molecule has 0 unspecified atom stereocenters. The van der Waals surface area contributed by atoms with E-state index in [-0.39, 0.29) is 5.56 Å². The Balaban J connectivity index is 1.70. The monoisotopic (exact) mass is 479 g/mol. The second-order valence-corrected chi connectivity index (χ2v) is 10.4. The summed E-state index contributed by atoms with van der Waals surface area (Å²) in [6, 6.07) is 5.71. The Hall–Kier alpha value is -2.77. The smallest absolute Gasteiger partial charge is 0.260 e. The van der Waals surface area contributed by atoms with Crippen LogP contribution in [0.2, 0.25) is 5.15 Å². The Kier molecular flexibility index (Phi) is 5.93. The SMILES string of the molecule is Cc1nn(CC(C)C)c(Cl)c1/C=C(\c1ccccn1)c1nc2sc3c(c2c(=O)[nH]1)CCCC3. The van der Waals surface area contributed by atoms with Gasteiger partial charge in [-0.15, -0.1) is 11.3 Å².